The van der Waals surface area contributed by atoms with Gasteiger partial charge in [0.1, 0.15) is 0 Å². The fraction of sp³-hybridized carbons (Fsp3) is 0.176. The summed E-state index contributed by atoms with van der Waals surface area (Å²) in [6.07, 6.45) is 2.25. The van der Waals surface area contributed by atoms with Crippen molar-refractivity contribution in [1.82, 2.24) is 5.32 Å². The van der Waals surface area contributed by atoms with Crippen LogP contribution in [0.4, 0.5) is 0 Å². The summed E-state index contributed by atoms with van der Waals surface area (Å²) >= 11 is 0. The predicted octanol–water partition coefficient (Wildman–Crippen LogP) is 3.65. The quantitative estimate of drug-likeness (QED) is 0.856. The van der Waals surface area contributed by atoms with Crippen LogP contribution in [0.25, 0.3) is 5.57 Å². The Bertz CT molecular complexity index is 526. The Morgan fingerprint density at radius 1 is 1.00 bits per heavy atom. The minimum absolute atomic E-state index is 0.874. The highest BCUT2D eigenvalue weighted by atomic mass is 14.8. The molecule has 0 bridgehead atoms. The van der Waals surface area contributed by atoms with E-state index in [1.807, 2.05) is 7.05 Å². The van der Waals surface area contributed by atoms with E-state index in [1.165, 1.54) is 22.3 Å². The van der Waals surface area contributed by atoms with Gasteiger partial charge in [0.15, 0.2) is 0 Å². The van der Waals surface area contributed by atoms with Gasteiger partial charge in [0.05, 0.1) is 0 Å². The molecule has 2 aromatic carbocycles. The number of hydrogen-bond acceptors (Lipinski definition) is 1. The maximum Gasteiger partial charge on any atom is 0.0141 e. The van der Waals surface area contributed by atoms with Crippen molar-refractivity contribution in [2.24, 2.45) is 0 Å². The lowest BCUT2D eigenvalue weighted by atomic mass is 9.94. The van der Waals surface area contributed by atoms with Gasteiger partial charge in [0, 0.05) is 6.54 Å². The first-order valence-corrected chi connectivity index (χ1v) is 6.29. The van der Waals surface area contributed by atoms with Crippen LogP contribution < -0.4 is 5.32 Å². The van der Waals surface area contributed by atoms with Crippen molar-refractivity contribution < 1.29 is 0 Å². The molecule has 1 nitrogen and oxygen atoms in total. The van der Waals surface area contributed by atoms with Gasteiger partial charge in [-0.1, -0.05) is 60.7 Å². The molecule has 0 heterocycles. The number of rotatable bonds is 4. The summed E-state index contributed by atoms with van der Waals surface area (Å²) < 4.78 is 0. The minimum atomic E-state index is 0.874. The van der Waals surface area contributed by atoms with E-state index >= 15 is 0 Å². The normalized spacial score (nSPS) is 11.6. The standard InChI is InChI=1S/C17H19N/c1-14-8-6-7-11-16(14)17(12-13-18-2)15-9-4-3-5-10-15/h3-12,18H,13H2,1-2H3. The summed E-state index contributed by atoms with van der Waals surface area (Å²) in [5.74, 6) is 0. The lowest BCUT2D eigenvalue weighted by molar-refractivity contribution is 0.920. The molecule has 0 aromatic heterocycles. The molecule has 0 fully saturated rings. The van der Waals surface area contributed by atoms with Crippen molar-refractivity contribution in [2.45, 2.75) is 6.92 Å². The van der Waals surface area contributed by atoms with E-state index in [2.05, 4.69) is 72.9 Å². The molecule has 1 N–H and O–H groups in total. The number of likely N-dealkylation sites (N-methyl/N-ethyl adjacent to an activating group) is 1. The van der Waals surface area contributed by atoms with Crippen molar-refractivity contribution in [3.05, 3.63) is 77.4 Å². The van der Waals surface area contributed by atoms with Crippen molar-refractivity contribution in [2.75, 3.05) is 13.6 Å². The fourth-order valence-electron chi connectivity index (χ4n) is 2.08. The summed E-state index contributed by atoms with van der Waals surface area (Å²) in [6.45, 7) is 3.03. The lowest BCUT2D eigenvalue weighted by Crippen LogP contribution is -2.05. The summed E-state index contributed by atoms with van der Waals surface area (Å²) in [5.41, 5.74) is 5.17. The Hall–Kier alpha value is -1.86. The number of aryl methyl sites for hydroxylation is 1. The summed E-state index contributed by atoms with van der Waals surface area (Å²) in [7, 11) is 1.97. The van der Waals surface area contributed by atoms with Gasteiger partial charge >= 0.3 is 0 Å². The zero-order valence-electron chi connectivity index (χ0n) is 11.0. The second-order valence-electron chi connectivity index (χ2n) is 4.36. The van der Waals surface area contributed by atoms with Crippen LogP contribution in [0.5, 0.6) is 0 Å². The first-order chi connectivity index (χ1) is 8.83. The molecule has 0 aliphatic heterocycles. The van der Waals surface area contributed by atoms with Crippen LogP contribution in [-0.4, -0.2) is 13.6 Å². The summed E-state index contributed by atoms with van der Waals surface area (Å²) in [4.78, 5) is 0. The second-order valence-corrected chi connectivity index (χ2v) is 4.36. The Kier molecular flexibility index (Phi) is 4.32. The molecule has 0 aliphatic rings. The highest BCUT2D eigenvalue weighted by Gasteiger charge is 2.06. The van der Waals surface area contributed by atoms with E-state index in [9.17, 15) is 0 Å². The highest BCUT2D eigenvalue weighted by molar-refractivity contribution is 5.81. The zero-order valence-corrected chi connectivity index (χ0v) is 11.0. The van der Waals surface area contributed by atoms with Gasteiger partial charge in [0.25, 0.3) is 0 Å². The molecule has 0 atom stereocenters. The molecule has 2 rings (SSSR count). The van der Waals surface area contributed by atoms with Gasteiger partial charge < -0.3 is 5.32 Å². The van der Waals surface area contributed by atoms with Gasteiger partial charge in [-0.15, -0.1) is 0 Å². The first kappa shape index (κ1) is 12.6. The van der Waals surface area contributed by atoms with Crippen LogP contribution >= 0.6 is 0 Å². The lowest BCUT2D eigenvalue weighted by Gasteiger charge is -2.11. The molecule has 18 heavy (non-hydrogen) atoms. The van der Waals surface area contributed by atoms with E-state index in [4.69, 9.17) is 0 Å². The van der Waals surface area contributed by atoms with E-state index < -0.39 is 0 Å². The smallest absolute Gasteiger partial charge is 0.0141 e. The third kappa shape index (κ3) is 2.88. The molecule has 0 radical (unpaired) electrons. The number of hydrogen-bond donors (Lipinski definition) is 1. The Morgan fingerprint density at radius 3 is 2.33 bits per heavy atom. The average molecular weight is 237 g/mol. The van der Waals surface area contributed by atoms with Crippen LogP contribution in [-0.2, 0) is 0 Å². The molecule has 0 saturated carbocycles. The van der Waals surface area contributed by atoms with E-state index in [-0.39, 0.29) is 0 Å². The van der Waals surface area contributed by atoms with Gasteiger partial charge in [-0.05, 0) is 36.2 Å². The molecule has 0 spiro atoms. The predicted molar refractivity (Wildman–Crippen MR) is 78.6 cm³/mol. The molecule has 0 unspecified atom stereocenters. The third-order valence-electron chi connectivity index (χ3n) is 3.03. The van der Waals surface area contributed by atoms with Crippen LogP contribution in [0.2, 0.25) is 0 Å². The van der Waals surface area contributed by atoms with Crippen LogP contribution in [0.15, 0.2) is 60.7 Å². The molecule has 1 heteroatoms. The molecule has 92 valence electrons. The van der Waals surface area contributed by atoms with Gasteiger partial charge in [0.2, 0.25) is 0 Å². The first-order valence-electron chi connectivity index (χ1n) is 6.29. The summed E-state index contributed by atoms with van der Waals surface area (Å²) in [5, 5.41) is 3.18. The van der Waals surface area contributed by atoms with Crippen molar-refractivity contribution >= 4 is 5.57 Å². The number of benzene rings is 2. The van der Waals surface area contributed by atoms with E-state index in [0.717, 1.165) is 6.54 Å². The van der Waals surface area contributed by atoms with E-state index in [1.54, 1.807) is 0 Å². The average Bonchev–Trinajstić information content (AvgIpc) is 2.42. The monoisotopic (exact) mass is 237 g/mol. The molecular formula is C17H19N. The Morgan fingerprint density at radius 2 is 1.67 bits per heavy atom. The van der Waals surface area contributed by atoms with Crippen LogP contribution in [0.1, 0.15) is 16.7 Å². The largest absolute Gasteiger partial charge is 0.316 e. The van der Waals surface area contributed by atoms with Crippen molar-refractivity contribution in [3.8, 4) is 0 Å². The maximum absolute atomic E-state index is 3.18. The Labute approximate surface area is 109 Å². The molecule has 0 amide bonds. The highest BCUT2D eigenvalue weighted by Crippen LogP contribution is 2.25. The molecule has 0 saturated heterocycles. The Balaban J connectivity index is 2.48. The minimum Gasteiger partial charge on any atom is -0.316 e. The van der Waals surface area contributed by atoms with Gasteiger partial charge in [-0.3, -0.25) is 0 Å². The number of nitrogens with one attached hydrogen (secondary N) is 1. The maximum atomic E-state index is 3.18. The van der Waals surface area contributed by atoms with Crippen molar-refractivity contribution in [1.29, 1.82) is 0 Å². The van der Waals surface area contributed by atoms with Crippen molar-refractivity contribution in [3.63, 3.8) is 0 Å². The molecule has 2 aromatic rings. The van der Waals surface area contributed by atoms with Crippen LogP contribution in [0.3, 0.4) is 0 Å². The van der Waals surface area contributed by atoms with Crippen LogP contribution in [0, 0.1) is 6.92 Å². The molecule has 0 aliphatic carbocycles. The fourth-order valence-corrected chi connectivity index (χ4v) is 2.08. The molecular weight excluding hydrogens is 218 g/mol. The zero-order chi connectivity index (χ0) is 12.8. The SMILES string of the molecule is CNCC=C(c1ccccc1)c1ccccc1C. The van der Waals surface area contributed by atoms with Gasteiger partial charge in [-0.2, -0.15) is 0 Å². The second kappa shape index (κ2) is 6.18. The summed E-state index contributed by atoms with van der Waals surface area (Å²) in [6, 6.07) is 19.1. The van der Waals surface area contributed by atoms with Gasteiger partial charge in [-0.25, -0.2) is 0 Å². The topological polar surface area (TPSA) is 12.0 Å². The van der Waals surface area contributed by atoms with E-state index in [0.29, 0.717) is 0 Å². The third-order valence-corrected chi connectivity index (χ3v) is 3.03.